The molecule has 1 saturated carbocycles. The Labute approximate surface area is 164 Å². The summed E-state index contributed by atoms with van der Waals surface area (Å²) >= 11 is 0. The first-order valence-corrected chi connectivity index (χ1v) is 10.1. The molecule has 1 aliphatic carbocycles. The fraction of sp³-hybridized carbons (Fsp3) is 0.333. The van der Waals surface area contributed by atoms with Crippen LogP contribution in [-0.4, -0.2) is 28.9 Å². The Morgan fingerprint density at radius 2 is 1.86 bits per heavy atom. The number of nitrogens with zero attached hydrogens (tertiary/aromatic N) is 2. The predicted molar refractivity (Wildman–Crippen MR) is 107 cm³/mol. The molecule has 2 aliphatic heterocycles. The Balaban J connectivity index is 1.30. The molecule has 28 heavy (non-hydrogen) atoms. The molecular formula is C24H22N2O2. The number of carbonyl (C=O) groups excluding carboxylic acids is 1. The number of amides is 1. The van der Waals surface area contributed by atoms with Crippen molar-refractivity contribution in [3.8, 4) is 0 Å². The van der Waals surface area contributed by atoms with E-state index in [1.54, 1.807) is 0 Å². The van der Waals surface area contributed by atoms with Gasteiger partial charge in [0.1, 0.15) is 5.60 Å². The molecule has 6 rings (SSSR count). The van der Waals surface area contributed by atoms with Crippen molar-refractivity contribution in [3.05, 3.63) is 77.6 Å². The van der Waals surface area contributed by atoms with Crippen molar-refractivity contribution in [3.63, 3.8) is 0 Å². The highest BCUT2D eigenvalue weighted by atomic mass is 16.5. The summed E-state index contributed by atoms with van der Waals surface area (Å²) in [4.78, 5) is 20.1. The van der Waals surface area contributed by atoms with Gasteiger partial charge in [-0.05, 0) is 35.2 Å². The first kappa shape index (κ1) is 16.3. The van der Waals surface area contributed by atoms with E-state index < -0.39 is 0 Å². The average molecular weight is 370 g/mol. The van der Waals surface area contributed by atoms with Gasteiger partial charge in [0.15, 0.2) is 0 Å². The summed E-state index contributed by atoms with van der Waals surface area (Å²) in [5, 5.41) is 2.43. The smallest absolute Gasteiger partial charge is 0.233 e. The fourth-order valence-electron chi connectivity index (χ4n) is 5.09. The standard InChI is InChI=1S/C24H22N2O2/c27-22(23(9-10-23)19-8-7-17-4-1-2-5-18(17)14-19)26-13-11-24(16-26)20-6-3-12-25-21(20)15-28-24/h1-8,12,14H,9-11,13,15-16H2. The van der Waals surface area contributed by atoms with Crippen LogP contribution in [0.25, 0.3) is 10.8 Å². The van der Waals surface area contributed by atoms with Crippen molar-refractivity contribution in [1.82, 2.24) is 9.88 Å². The summed E-state index contributed by atoms with van der Waals surface area (Å²) in [7, 11) is 0. The minimum atomic E-state index is -0.362. The SMILES string of the molecule is O=C(N1CCC2(C1)OCc1ncccc12)C1(c2ccc3ccccc3c2)CC1. The van der Waals surface area contributed by atoms with Crippen LogP contribution in [-0.2, 0) is 27.2 Å². The summed E-state index contributed by atoms with van der Waals surface area (Å²) in [6.45, 7) is 1.94. The van der Waals surface area contributed by atoms with E-state index in [-0.39, 0.29) is 16.9 Å². The van der Waals surface area contributed by atoms with Crippen molar-refractivity contribution >= 4 is 16.7 Å². The lowest BCUT2D eigenvalue weighted by atomic mass is 9.91. The lowest BCUT2D eigenvalue weighted by Crippen LogP contribution is -2.40. The third-order valence-corrected chi connectivity index (χ3v) is 6.85. The summed E-state index contributed by atoms with van der Waals surface area (Å²) in [5.74, 6) is 0.264. The highest BCUT2D eigenvalue weighted by molar-refractivity contribution is 5.93. The number of fused-ring (bicyclic) bond motifs is 3. The Morgan fingerprint density at radius 3 is 2.71 bits per heavy atom. The van der Waals surface area contributed by atoms with Gasteiger partial charge in [0, 0.05) is 24.7 Å². The number of ether oxygens (including phenoxy) is 1. The minimum absolute atomic E-state index is 0.264. The summed E-state index contributed by atoms with van der Waals surface area (Å²) < 4.78 is 6.19. The van der Waals surface area contributed by atoms with Gasteiger partial charge >= 0.3 is 0 Å². The van der Waals surface area contributed by atoms with Gasteiger partial charge in [-0.2, -0.15) is 0 Å². The second-order valence-corrected chi connectivity index (χ2v) is 8.40. The zero-order chi connectivity index (χ0) is 18.8. The van der Waals surface area contributed by atoms with Gasteiger partial charge in [0.2, 0.25) is 5.91 Å². The van der Waals surface area contributed by atoms with Gasteiger partial charge in [0.05, 0.1) is 24.3 Å². The van der Waals surface area contributed by atoms with Crippen LogP contribution in [0.5, 0.6) is 0 Å². The minimum Gasteiger partial charge on any atom is -0.362 e. The molecule has 1 atom stereocenters. The quantitative estimate of drug-likeness (QED) is 0.687. The van der Waals surface area contributed by atoms with Crippen LogP contribution in [0.3, 0.4) is 0 Å². The largest absolute Gasteiger partial charge is 0.362 e. The van der Waals surface area contributed by atoms with Crippen LogP contribution >= 0.6 is 0 Å². The third-order valence-electron chi connectivity index (χ3n) is 6.85. The van der Waals surface area contributed by atoms with Crippen molar-refractivity contribution in [2.75, 3.05) is 13.1 Å². The van der Waals surface area contributed by atoms with E-state index >= 15 is 0 Å². The number of likely N-dealkylation sites (tertiary alicyclic amines) is 1. The molecule has 0 bridgehead atoms. The number of rotatable bonds is 2. The maximum Gasteiger partial charge on any atom is 0.233 e. The first-order valence-electron chi connectivity index (χ1n) is 10.1. The number of aromatic nitrogens is 1. The zero-order valence-corrected chi connectivity index (χ0v) is 15.7. The highest BCUT2D eigenvalue weighted by Gasteiger charge is 2.56. The normalized spacial score (nSPS) is 24.6. The maximum absolute atomic E-state index is 13.6. The molecule has 2 aromatic carbocycles. The Hall–Kier alpha value is -2.72. The molecule has 4 heteroatoms. The molecular weight excluding hydrogens is 348 g/mol. The van der Waals surface area contributed by atoms with E-state index in [1.807, 2.05) is 17.2 Å². The van der Waals surface area contributed by atoms with Crippen LogP contribution in [0.2, 0.25) is 0 Å². The van der Waals surface area contributed by atoms with Gasteiger partial charge in [-0.15, -0.1) is 0 Å². The van der Waals surface area contributed by atoms with E-state index in [2.05, 4.69) is 53.5 Å². The van der Waals surface area contributed by atoms with Crippen molar-refractivity contribution in [1.29, 1.82) is 0 Å². The second-order valence-electron chi connectivity index (χ2n) is 8.40. The molecule has 1 spiro atoms. The van der Waals surface area contributed by atoms with Gasteiger partial charge in [0.25, 0.3) is 0 Å². The van der Waals surface area contributed by atoms with E-state index in [4.69, 9.17) is 4.74 Å². The van der Waals surface area contributed by atoms with Crippen LogP contribution in [0, 0.1) is 0 Å². The van der Waals surface area contributed by atoms with Crippen LogP contribution in [0.1, 0.15) is 36.1 Å². The molecule has 3 aliphatic rings. The third kappa shape index (κ3) is 2.21. The Bertz CT molecular complexity index is 1100. The molecule has 0 N–H and O–H groups in total. The van der Waals surface area contributed by atoms with Crippen LogP contribution in [0.4, 0.5) is 0 Å². The van der Waals surface area contributed by atoms with Crippen molar-refractivity contribution < 1.29 is 9.53 Å². The lowest BCUT2D eigenvalue weighted by Gasteiger charge is -2.27. The summed E-state index contributed by atoms with van der Waals surface area (Å²) in [6.07, 6.45) is 4.54. The monoisotopic (exact) mass is 370 g/mol. The Kier molecular flexibility index (Phi) is 3.28. The number of carbonyl (C=O) groups is 1. The lowest BCUT2D eigenvalue weighted by molar-refractivity contribution is -0.134. The van der Waals surface area contributed by atoms with E-state index in [0.717, 1.165) is 37.1 Å². The summed E-state index contributed by atoms with van der Waals surface area (Å²) in [6, 6.07) is 18.9. The first-order chi connectivity index (χ1) is 13.7. The number of pyridine rings is 1. The fourth-order valence-corrected chi connectivity index (χ4v) is 5.09. The molecule has 1 aromatic heterocycles. The van der Waals surface area contributed by atoms with Crippen molar-refractivity contribution in [2.45, 2.75) is 36.9 Å². The molecule has 2 fully saturated rings. The van der Waals surface area contributed by atoms with E-state index in [9.17, 15) is 4.79 Å². The van der Waals surface area contributed by atoms with Gasteiger partial charge in [-0.1, -0.05) is 48.5 Å². The van der Waals surface area contributed by atoms with E-state index in [0.29, 0.717) is 13.2 Å². The predicted octanol–water partition coefficient (Wildman–Crippen LogP) is 3.92. The average Bonchev–Trinajstić information content (AvgIpc) is 3.33. The second kappa shape index (κ2) is 5.65. The topological polar surface area (TPSA) is 42.4 Å². The highest BCUT2D eigenvalue weighted by Crippen LogP contribution is 2.52. The molecule has 1 amide bonds. The van der Waals surface area contributed by atoms with E-state index in [1.165, 1.54) is 16.3 Å². The molecule has 140 valence electrons. The number of hydrogen-bond acceptors (Lipinski definition) is 3. The summed E-state index contributed by atoms with van der Waals surface area (Å²) in [5.41, 5.74) is 2.64. The number of benzene rings is 2. The Morgan fingerprint density at radius 1 is 1.00 bits per heavy atom. The van der Waals surface area contributed by atoms with Crippen LogP contribution in [0.15, 0.2) is 60.8 Å². The molecule has 1 unspecified atom stereocenters. The molecule has 0 radical (unpaired) electrons. The molecule has 3 aromatic rings. The zero-order valence-electron chi connectivity index (χ0n) is 15.7. The van der Waals surface area contributed by atoms with Gasteiger partial charge in [-0.25, -0.2) is 0 Å². The molecule has 3 heterocycles. The molecule has 4 nitrogen and oxygen atoms in total. The van der Waals surface area contributed by atoms with Gasteiger partial charge < -0.3 is 9.64 Å². The molecule has 1 saturated heterocycles. The van der Waals surface area contributed by atoms with Gasteiger partial charge in [-0.3, -0.25) is 9.78 Å². The maximum atomic E-state index is 13.6. The number of hydrogen-bond donors (Lipinski definition) is 0. The van der Waals surface area contributed by atoms with Crippen molar-refractivity contribution in [2.24, 2.45) is 0 Å². The van der Waals surface area contributed by atoms with Crippen LogP contribution < -0.4 is 0 Å².